The lowest BCUT2D eigenvalue weighted by molar-refractivity contribution is -0.122. The molecular formula is C13H19FN2O. The number of halogens is 1. The number of benzene rings is 1. The quantitative estimate of drug-likeness (QED) is 0.816. The predicted octanol–water partition coefficient (Wildman–Crippen LogP) is 1.48. The molecule has 2 atom stereocenters. The van der Waals surface area contributed by atoms with Gasteiger partial charge >= 0.3 is 0 Å². The third kappa shape index (κ3) is 4.53. The van der Waals surface area contributed by atoms with Crippen molar-refractivity contribution in [2.24, 2.45) is 0 Å². The van der Waals surface area contributed by atoms with Gasteiger partial charge in [0.15, 0.2) is 0 Å². The monoisotopic (exact) mass is 238 g/mol. The van der Waals surface area contributed by atoms with Crippen LogP contribution in [-0.2, 0) is 11.2 Å². The zero-order chi connectivity index (χ0) is 12.8. The van der Waals surface area contributed by atoms with Crippen molar-refractivity contribution >= 4 is 5.91 Å². The molecule has 3 nitrogen and oxygen atoms in total. The smallest absolute Gasteiger partial charge is 0.236 e. The number of hydrogen-bond donors (Lipinski definition) is 2. The fourth-order valence-electron chi connectivity index (χ4n) is 1.75. The van der Waals surface area contributed by atoms with Crippen molar-refractivity contribution in [3.63, 3.8) is 0 Å². The van der Waals surface area contributed by atoms with E-state index in [1.807, 2.05) is 13.8 Å². The summed E-state index contributed by atoms with van der Waals surface area (Å²) in [5, 5.41) is 5.78. The largest absolute Gasteiger partial charge is 0.358 e. The van der Waals surface area contributed by atoms with E-state index in [9.17, 15) is 9.18 Å². The van der Waals surface area contributed by atoms with Crippen molar-refractivity contribution in [3.8, 4) is 0 Å². The van der Waals surface area contributed by atoms with E-state index >= 15 is 0 Å². The molecule has 0 aliphatic rings. The number of likely N-dealkylation sites (N-methyl/N-ethyl adjacent to an activating group) is 1. The van der Waals surface area contributed by atoms with Crippen molar-refractivity contribution in [1.82, 2.24) is 10.6 Å². The molecule has 0 heterocycles. The summed E-state index contributed by atoms with van der Waals surface area (Å²) < 4.78 is 12.7. The van der Waals surface area contributed by atoms with Crippen LogP contribution >= 0.6 is 0 Å². The summed E-state index contributed by atoms with van der Waals surface area (Å²) in [7, 11) is 1.62. The highest BCUT2D eigenvalue weighted by molar-refractivity contribution is 5.80. The van der Waals surface area contributed by atoms with Gasteiger partial charge in [-0.05, 0) is 38.0 Å². The van der Waals surface area contributed by atoms with Gasteiger partial charge < -0.3 is 10.6 Å². The van der Waals surface area contributed by atoms with Crippen LogP contribution < -0.4 is 10.6 Å². The second-order valence-electron chi connectivity index (χ2n) is 4.23. The van der Waals surface area contributed by atoms with E-state index in [0.29, 0.717) is 0 Å². The summed E-state index contributed by atoms with van der Waals surface area (Å²) in [5.74, 6) is -0.260. The van der Waals surface area contributed by atoms with Gasteiger partial charge in [-0.2, -0.15) is 0 Å². The Balaban J connectivity index is 2.46. The Kier molecular flexibility index (Phi) is 5.10. The minimum Gasteiger partial charge on any atom is -0.358 e. The minimum atomic E-state index is -0.229. The number of carbonyl (C=O) groups is 1. The van der Waals surface area contributed by atoms with Gasteiger partial charge in [0.1, 0.15) is 5.82 Å². The van der Waals surface area contributed by atoms with E-state index in [1.54, 1.807) is 19.2 Å². The average molecular weight is 238 g/mol. The van der Waals surface area contributed by atoms with Crippen LogP contribution in [0.15, 0.2) is 24.3 Å². The van der Waals surface area contributed by atoms with E-state index in [4.69, 9.17) is 0 Å². The van der Waals surface area contributed by atoms with Crippen LogP contribution in [0.2, 0.25) is 0 Å². The van der Waals surface area contributed by atoms with E-state index in [-0.39, 0.29) is 23.8 Å². The zero-order valence-corrected chi connectivity index (χ0v) is 10.5. The Hall–Kier alpha value is -1.42. The lowest BCUT2D eigenvalue weighted by Crippen LogP contribution is -2.45. The Labute approximate surface area is 101 Å². The van der Waals surface area contributed by atoms with Gasteiger partial charge in [-0.25, -0.2) is 4.39 Å². The first-order chi connectivity index (χ1) is 8.02. The first kappa shape index (κ1) is 13.6. The fourth-order valence-corrected chi connectivity index (χ4v) is 1.75. The van der Waals surface area contributed by atoms with Crippen molar-refractivity contribution in [1.29, 1.82) is 0 Å². The van der Waals surface area contributed by atoms with Crippen LogP contribution in [0.4, 0.5) is 4.39 Å². The van der Waals surface area contributed by atoms with E-state index in [1.165, 1.54) is 12.1 Å². The molecule has 94 valence electrons. The molecule has 0 fully saturated rings. The summed E-state index contributed by atoms with van der Waals surface area (Å²) in [6.45, 7) is 3.82. The summed E-state index contributed by atoms with van der Waals surface area (Å²) in [6, 6.07) is 6.35. The van der Waals surface area contributed by atoms with Crippen molar-refractivity contribution in [3.05, 3.63) is 35.6 Å². The fraction of sp³-hybridized carbons (Fsp3) is 0.462. The number of hydrogen-bond acceptors (Lipinski definition) is 2. The normalized spacial score (nSPS) is 14.1. The highest BCUT2D eigenvalue weighted by Crippen LogP contribution is 2.06. The van der Waals surface area contributed by atoms with Crippen molar-refractivity contribution in [2.75, 3.05) is 7.05 Å². The third-order valence-electron chi connectivity index (χ3n) is 2.63. The number of rotatable bonds is 5. The maximum Gasteiger partial charge on any atom is 0.236 e. The second kappa shape index (κ2) is 6.35. The predicted molar refractivity (Wildman–Crippen MR) is 66.2 cm³/mol. The number of amides is 1. The van der Waals surface area contributed by atoms with Crippen molar-refractivity contribution in [2.45, 2.75) is 32.4 Å². The summed E-state index contributed by atoms with van der Waals surface area (Å²) >= 11 is 0. The molecule has 0 saturated heterocycles. The molecule has 0 saturated carbocycles. The first-order valence-corrected chi connectivity index (χ1v) is 5.75. The van der Waals surface area contributed by atoms with E-state index in [2.05, 4.69) is 10.6 Å². The van der Waals surface area contributed by atoms with Gasteiger partial charge in [-0.1, -0.05) is 12.1 Å². The lowest BCUT2D eigenvalue weighted by Gasteiger charge is -2.18. The summed E-state index contributed by atoms with van der Waals surface area (Å²) in [6.07, 6.45) is 0.765. The standard InChI is InChI=1S/C13H19FN2O/c1-9(16-10(2)13(17)15-3)8-11-4-6-12(14)7-5-11/h4-7,9-10,16H,8H2,1-3H3,(H,15,17). The molecule has 2 N–H and O–H groups in total. The van der Waals surface area contributed by atoms with Crippen LogP contribution in [0.3, 0.4) is 0 Å². The van der Waals surface area contributed by atoms with Gasteiger partial charge in [0, 0.05) is 13.1 Å². The molecule has 0 aliphatic heterocycles. The SMILES string of the molecule is CNC(=O)C(C)NC(C)Cc1ccc(F)cc1. The molecule has 2 unspecified atom stereocenters. The third-order valence-corrected chi connectivity index (χ3v) is 2.63. The van der Waals surface area contributed by atoms with Gasteiger partial charge in [0.05, 0.1) is 6.04 Å². The first-order valence-electron chi connectivity index (χ1n) is 5.75. The van der Waals surface area contributed by atoms with Gasteiger partial charge in [-0.15, -0.1) is 0 Å². The molecule has 1 aromatic carbocycles. The number of nitrogens with one attached hydrogen (secondary N) is 2. The Morgan fingerprint density at radius 3 is 2.41 bits per heavy atom. The molecule has 1 aromatic rings. The zero-order valence-electron chi connectivity index (χ0n) is 10.5. The highest BCUT2D eigenvalue weighted by Gasteiger charge is 2.13. The summed E-state index contributed by atoms with van der Waals surface area (Å²) in [4.78, 5) is 11.3. The van der Waals surface area contributed by atoms with Crippen molar-refractivity contribution < 1.29 is 9.18 Å². The van der Waals surface area contributed by atoms with Crippen LogP contribution in [0.25, 0.3) is 0 Å². The molecule has 4 heteroatoms. The molecule has 0 bridgehead atoms. The van der Waals surface area contributed by atoms with Crippen LogP contribution in [0.5, 0.6) is 0 Å². The lowest BCUT2D eigenvalue weighted by atomic mass is 10.1. The highest BCUT2D eigenvalue weighted by atomic mass is 19.1. The molecule has 0 radical (unpaired) electrons. The Bertz CT molecular complexity index is 364. The van der Waals surface area contributed by atoms with E-state index < -0.39 is 0 Å². The Morgan fingerprint density at radius 2 is 1.88 bits per heavy atom. The Morgan fingerprint density at radius 1 is 1.29 bits per heavy atom. The average Bonchev–Trinajstić information content (AvgIpc) is 2.30. The van der Waals surface area contributed by atoms with Crippen LogP contribution in [-0.4, -0.2) is 25.0 Å². The molecule has 0 aliphatic carbocycles. The maximum atomic E-state index is 12.7. The van der Waals surface area contributed by atoms with Crippen LogP contribution in [0, 0.1) is 5.82 Å². The number of carbonyl (C=O) groups excluding carboxylic acids is 1. The molecule has 1 amide bonds. The molecule has 17 heavy (non-hydrogen) atoms. The van der Waals surface area contributed by atoms with E-state index in [0.717, 1.165) is 12.0 Å². The molecule has 0 spiro atoms. The molecular weight excluding hydrogens is 219 g/mol. The molecule has 0 aromatic heterocycles. The van der Waals surface area contributed by atoms with Crippen LogP contribution in [0.1, 0.15) is 19.4 Å². The van der Waals surface area contributed by atoms with Gasteiger partial charge in [-0.3, -0.25) is 4.79 Å². The maximum absolute atomic E-state index is 12.7. The molecule has 1 rings (SSSR count). The minimum absolute atomic E-state index is 0.0315. The second-order valence-corrected chi connectivity index (χ2v) is 4.23. The topological polar surface area (TPSA) is 41.1 Å². The van der Waals surface area contributed by atoms with Gasteiger partial charge in [0.2, 0.25) is 5.91 Å². The summed E-state index contributed by atoms with van der Waals surface area (Å²) in [5.41, 5.74) is 1.05. The van der Waals surface area contributed by atoms with Gasteiger partial charge in [0.25, 0.3) is 0 Å².